The Kier molecular flexibility index (Phi) is 3.49. The summed E-state index contributed by atoms with van der Waals surface area (Å²) >= 11 is 0. The fourth-order valence-electron chi connectivity index (χ4n) is 2.65. The maximum atomic E-state index is 4.81. The minimum atomic E-state index is 0.924. The monoisotopic (exact) mass is 295 g/mol. The molecular weight excluding hydrogens is 280 g/mol. The van der Waals surface area contributed by atoms with Crippen molar-refractivity contribution >= 4 is 0 Å². The van der Waals surface area contributed by atoms with Gasteiger partial charge in [-0.2, -0.15) is 5.10 Å². The Labute approximate surface area is 135 Å². The first-order valence-electron chi connectivity index (χ1n) is 7.60. The van der Waals surface area contributed by atoms with Gasteiger partial charge in [0, 0.05) is 11.1 Å². The Balaban J connectivity index is 1.91. The molecule has 1 aromatic heterocycles. The third-order valence-electron chi connectivity index (χ3n) is 3.76. The van der Waals surface area contributed by atoms with Gasteiger partial charge in [-0.25, -0.2) is 4.68 Å². The van der Waals surface area contributed by atoms with Crippen molar-refractivity contribution in [2.45, 2.75) is 0 Å². The van der Waals surface area contributed by atoms with E-state index in [1.807, 2.05) is 65.3 Å². The van der Waals surface area contributed by atoms with Gasteiger partial charge < -0.3 is 0 Å². The highest BCUT2D eigenvalue weighted by molar-refractivity contribution is 5.70. The summed E-state index contributed by atoms with van der Waals surface area (Å²) in [5.74, 6) is 0. The van der Waals surface area contributed by atoms with Crippen molar-refractivity contribution in [3.05, 3.63) is 97.1 Å². The summed E-state index contributed by atoms with van der Waals surface area (Å²) in [5.41, 5.74) is 5.19. The van der Waals surface area contributed by atoms with Gasteiger partial charge in [-0.05, 0) is 24.3 Å². The Hall–Kier alpha value is -3.13. The van der Waals surface area contributed by atoms with Crippen LogP contribution in [0.3, 0.4) is 0 Å². The molecule has 0 unspecified atom stereocenters. The molecule has 0 N–H and O–H groups in total. The van der Waals surface area contributed by atoms with Crippen LogP contribution in [-0.4, -0.2) is 9.78 Å². The molecule has 0 bridgehead atoms. The largest absolute Gasteiger partial charge is 0.232 e. The van der Waals surface area contributed by atoms with E-state index in [0.717, 1.165) is 28.2 Å². The van der Waals surface area contributed by atoms with Crippen molar-refractivity contribution in [2.24, 2.45) is 0 Å². The number of benzene rings is 3. The number of nitrogens with zero attached hydrogens (tertiary/aromatic N) is 2. The van der Waals surface area contributed by atoms with Crippen molar-refractivity contribution in [3.63, 3.8) is 0 Å². The van der Waals surface area contributed by atoms with Gasteiger partial charge in [0.05, 0.1) is 17.1 Å². The summed E-state index contributed by atoms with van der Waals surface area (Å²) in [4.78, 5) is 0. The van der Waals surface area contributed by atoms with Gasteiger partial charge in [0.15, 0.2) is 0 Å². The third-order valence-corrected chi connectivity index (χ3v) is 3.76. The van der Waals surface area contributed by atoms with Crippen molar-refractivity contribution in [2.75, 3.05) is 0 Å². The molecule has 4 aromatic rings. The maximum Gasteiger partial charge on any atom is 0.0940 e. The van der Waals surface area contributed by atoms with Gasteiger partial charge in [-0.3, -0.25) is 0 Å². The minimum Gasteiger partial charge on any atom is -0.232 e. The van der Waals surface area contributed by atoms with Gasteiger partial charge in [-0.1, -0.05) is 72.8 Å². The van der Waals surface area contributed by atoms with Crippen molar-refractivity contribution in [1.82, 2.24) is 9.78 Å². The Morgan fingerprint density at radius 2 is 1.43 bits per heavy atom. The average Bonchev–Trinajstić information content (AvgIpc) is 3.09. The molecule has 2 heteroatoms. The highest BCUT2D eigenvalue weighted by atomic mass is 15.3. The first-order chi connectivity index (χ1) is 11.4. The van der Waals surface area contributed by atoms with E-state index in [2.05, 4.69) is 36.4 Å². The van der Waals surface area contributed by atoms with E-state index in [-0.39, 0.29) is 0 Å². The Morgan fingerprint density at radius 1 is 0.739 bits per heavy atom. The molecule has 3 aromatic carbocycles. The van der Waals surface area contributed by atoms with Crippen LogP contribution in [-0.2, 0) is 0 Å². The minimum absolute atomic E-state index is 0.924. The van der Waals surface area contributed by atoms with Gasteiger partial charge in [0.2, 0.25) is 0 Å². The zero-order valence-electron chi connectivity index (χ0n) is 12.6. The molecule has 0 spiro atoms. The fraction of sp³-hybridized carbons (Fsp3) is 0. The lowest BCUT2D eigenvalue weighted by atomic mass is 10.1. The molecule has 0 fully saturated rings. The van der Waals surface area contributed by atoms with Crippen LogP contribution in [0.5, 0.6) is 0 Å². The van der Waals surface area contributed by atoms with E-state index in [1.165, 1.54) is 0 Å². The molecule has 0 saturated heterocycles. The first kappa shape index (κ1) is 13.5. The van der Waals surface area contributed by atoms with E-state index in [9.17, 15) is 0 Å². The van der Waals surface area contributed by atoms with E-state index >= 15 is 0 Å². The lowest BCUT2D eigenvalue weighted by Gasteiger charge is -2.07. The van der Waals surface area contributed by atoms with Gasteiger partial charge in [0.1, 0.15) is 0 Å². The molecule has 0 aliphatic carbocycles. The number of para-hydroxylation sites is 1. The first-order valence-corrected chi connectivity index (χ1v) is 7.60. The van der Waals surface area contributed by atoms with Crippen LogP contribution in [0, 0.1) is 6.07 Å². The quantitative estimate of drug-likeness (QED) is 0.519. The number of rotatable bonds is 3. The number of aromatic nitrogens is 2. The van der Waals surface area contributed by atoms with Crippen LogP contribution < -0.4 is 0 Å². The van der Waals surface area contributed by atoms with Crippen LogP contribution in [0.1, 0.15) is 0 Å². The highest BCUT2D eigenvalue weighted by Crippen LogP contribution is 2.28. The highest BCUT2D eigenvalue weighted by Gasteiger charge is 2.12. The van der Waals surface area contributed by atoms with Gasteiger partial charge in [-0.15, -0.1) is 0 Å². The zero-order chi connectivity index (χ0) is 15.5. The Morgan fingerprint density at radius 3 is 2.13 bits per heavy atom. The molecule has 0 aliphatic heterocycles. The molecule has 0 atom stereocenters. The van der Waals surface area contributed by atoms with E-state index in [1.54, 1.807) is 0 Å². The molecule has 23 heavy (non-hydrogen) atoms. The molecule has 4 rings (SSSR count). The number of hydrogen-bond donors (Lipinski definition) is 0. The summed E-state index contributed by atoms with van der Waals surface area (Å²) in [5, 5.41) is 4.81. The summed E-state index contributed by atoms with van der Waals surface area (Å²) in [6.45, 7) is 0. The predicted octanol–water partition coefficient (Wildman–Crippen LogP) is 5.01. The van der Waals surface area contributed by atoms with Crippen molar-refractivity contribution in [1.29, 1.82) is 0 Å². The molecular formula is C21H15N2. The van der Waals surface area contributed by atoms with Crippen LogP contribution >= 0.6 is 0 Å². The summed E-state index contributed by atoms with van der Waals surface area (Å²) < 4.78 is 1.99. The zero-order valence-corrected chi connectivity index (χ0v) is 12.6. The lowest BCUT2D eigenvalue weighted by Crippen LogP contribution is -1.98. The maximum absolute atomic E-state index is 4.81. The molecule has 0 aliphatic rings. The summed E-state index contributed by atoms with van der Waals surface area (Å²) in [6.07, 6.45) is 0. The normalized spacial score (nSPS) is 10.6. The third kappa shape index (κ3) is 2.67. The smallest absolute Gasteiger partial charge is 0.0940 e. The SMILES string of the molecule is [c]1ccccc1-c1cc(-c2ccccc2)n(-c2ccccc2)n1. The standard InChI is InChI=1S/C21H15N2/c1-4-10-17(11-5-1)20-16-21(18-12-6-2-7-13-18)23(22-20)19-14-8-3-9-15-19/h1-10,12-16H. The van der Waals surface area contributed by atoms with Gasteiger partial charge in [0.25, 0.3) is 0 Å². The van der Waals surface area contributed by atoms with Crippen LogP contribution in [0.2, 0.25) is 0 Å². The molecule has 1 radical (unpaired) electrons. The van der Waals surface area contributed by atoms with Crippen molar-refractivity contribution in [3.8, 4) is 28.2 Å². The van der Waals surface area contributed by atoms with E-state index in [4.69, 9.17) is 5.10 Å². The second-order valence-corrected chi connectivity index (χ2v) is 5.30. The fourth-order valence-corrected chi connectivity index (χ4v) is 2.65. The van der Waals surface area contributed by atoms with E-state index in [0.29, 0.717) is 0 Å². The lowest BCUT2D eigenvalue weighted by molar-refractivity contribution is 0.892. The van der Waals surface area contributed by atoms with Crippen LogP contribution in [0.25, 0.3) is 28.2 Å². The predicted molar refractivity (Wildman–Crippen MR) is 93.3 cm³/mol. The molecule has 0 amide bonds. The number of hydrogen-bond acceptors (Lipinski definition) is 1. The summed E-state index contributed by atoms with van der Waals surface area (Å²) in [7, 11) is 0. The summed E-state index contributed by atoms with van der Waals surface area (Å²) in [6, 6.07) is 33.8. The average molecular weight is 295 g/mol. The second-order valence-electron chi connectivity index (χ2n) is 5.30. The molecule has 0 saturated carbocycles. The van der Waals surface area contributed by atoms with Crippen LogP contribution in [0.15, 0.2) is 91.0 Å². The van der Waals surface area contributed by atoms with Gasteiger partial charge >= 0.3 is 0 Å². The second kappa shape index (κ2) is 5.93. The molecule has 109 valence electrons. The molecule has 2 nitrogen and oxygen atoms in total. The topological polar surface area (TPSA) is 17.8 Å². The van der Waals surface area contributed by atoms with Crippen molar-refractivity contribution < 1.29 is 0 Å². The molecule has 1 heterocycles. The Bertz CT molecular complexity index is 838. The van der Waals surface area contributed by atoms with E-state index < -0.39 is 0 Å². The van der Waals surface area contributed by atoms with Crippen LogP contribution in [0.4, 0.5) is 0 Å².